The second-order valence-corrected chi connectivity index (χ2v) is 9.97. The van der Waals surface area contributed by atoms with Crippen molar-refractivity contribution in [1.82, 2.24) is 14.8 Å². The van der Waals surface area contributed by atoms with Crippen molar-refractivity contribution in [2.75, 3.05) is 43.6 Å². The van der Waals surface area contributed by atoms with Crippen LogP contribution in [-0.4, -0.2) is 54.1 Å². The summed E-state index contributed by atoms with van der Waals surface area (Å²) in [5.41, 5.74) is 1.86. The lowest BCUT2D eigenvalue weighted by molar-refractivity contribution is 0.102. The van der Waals surface area contributed by atoms with E-state index in [4.69, 9.17) is 14.6 Å². The summed E-state index contributed by atoms with van der Waals surface area (Å²) >= 11 is 0. The number of methoxy groups -OCH3 is 1. The largest absolute Gasteiger partial charge is 0.494 e. The minimum absolute atomic E-state index is 0.267. The van der Waals surface area contributed by atoms with Crippen molar-refractivity contribution in [3.05, 3.63) is 42.2 Å². The van der Waals surface area contributed by atoms with Gasteiger partial charge in [-0.3, -0.25) is 9.48 Å². The molecule has 1 saturated heterocycles. The number of nitrogens with zero attached hydrogens (tertiary/aromatic N) is 4. The number of aromatic nitrogens is 3. The fraction of sp³-hybridized carbons (Fsp3) is 0.519. The quantitative estimate of drug-likeness (QED) is 0.543. The van der Waals surface area contributed by atoms with Gasteiger partial charge in [-0.1, -0.05) is 19.9 Å². The number of fused-ring (bicyclic) bond motifs is 1. The third-order valence-electron chi connectivity index (χ3n) is 7.45. The lowest BCUT2D eigenvalue weighted by atomic mass is 9.80. The fourth-order valence-electron chi connectivity index (χ4n) is 5.26. The molecule has 1 N–H and O–H groups in total. The van der Waals surface area contributed by atoms with Crippen molar-refractivity contribution in [3.8, 4) is 5.75 Å². The van der Waals surface area contributed by atoms with Crippen molar-refractivity contribution in [2.45, 2.75) is 45.6 Å². The first-order chi connectivity index (χ1) is 17.0. The number of hydrogen-bond acceptors (Lipinski definition) is 6. The van der Waals surface area contributed by atoms with Crippen LogP contribution in [0.3, 0.4) is 0 Å². The molecule has 5 rings (SSSR count). The van der Waals surface area contributed by atoms with Gasteiger partial charge in [0.2, 0.25) is 0 Å². The maximum atomic E-state index is 13.1. The second kappa shape index (κ2) is 10.2. The fourth-order valence-corrected chi connectivity index (χ4v) is 5.26. The van der Waals surface area contributed by atoms with Crippen LogP contribution in [0.15, 0.2) is 36.5 Å². The van der Waals surface area contributed by atoms with Crippen LogP contribution in [0.5, 0.6) is 5.75 Å². The Balaban J connectivity index is 1.34. The highest BCUT2D eigenvalue weighted by Gasteiger charge is 2.25. The average Bonchev–Trinajstić information content (AvgIpc) is 3.31. The summed E-state index contributed by atoms with van der Waals surface area (Å²) in [5, 5.41) is 8.84. The Morgan fingerprint density at radius 2 is 1.91 bits per heavy atom. The van der Waals surface area contributed by atoms with Gasteiger partial charge >= 0.3 is 0 Å². The molecule has 1 aliphatic carbocycles. The van der Waals surface area contributed by atoms with E-state index in [0.717, 1.165) is 54.5 Å². The zero-order chi connectivity index (χ0) is 24.4. The minimum atomic E-state index is -0.267. The highest BCUT2D eigenvalue weighted by Crippen LogP contribution is 2.37. The molecule has 1 aromatic carbocycles. The molecule has 0 radical (unpaired) electrons. The second-order valence-electron chi connectivity index (χ2n) is 9.97. The van der Waals surface area contributed by atoms with Gasteiger partial charge in [-0.15, -0.1) is 0 Å². The third kappa shape index (κ3) is 5.12. The van der Waals surface area contributed by atoms with Crippen LogP contribution >= 0.6 is 0 Å². The molecule has 3 heterocycles. The van der Waals surface area contributed by atoms with Gasteiger partial charge in [-0.25, -0.2) is 4.98 Å². The smallest absolute Gasteiger partial charge is 0.274 e. The van der Waals surface area contributed by atoms with Crippen LogP contribution in [0, 0.1) is 11.8 Å². The molecule has 0 spiro atoms. The zero-order valence-electron chi connectivity index (χ0n) is 20.9. The van der Waals surface area contributed by atoms with Crippen LogP contribution in [0.1, 0.15) is 56.1 Å². The molecular formula is C27H35N5O3. The van der Waals surface area contributed by atoms with Crippen LogP contribution in [0.25, 0.3) is 10.9 Å². The highest BCUT2D eigenvalue weighted by atomic mass is 16.5. The van der Waals surface area contributed by atoms with E-state index in [1.165, 1.54) is 12.8 Å². The molecular weight excluding hydrogens is 442 g/mol. The molecule has 1 amide bonds. The van der Waals surface area contributed by atoms with Crippen LogP contribution < -0.4 is 15.0 Å². The Labute approximate surface area is 206 Å². The third-order valence-corrected chi connectivity index (χ3v) is 7.45. The van der Waals surface area contributed by atoms with Crippen LogP contribution in [-0.2, 0) is 4.74 Å². The number of morpholine rings is 1. The van der Waals surface area contributed by atoms with Gasteiger partial charge in [0.1, 0.15) is 17.3 Å². The molecule has 35 heavy (non-hydrogen) atoms. The Hall–Kier alpha value is -3.13. The molecule has 2 fully saturated rings. The van der Waals surface area contributed by atoms with Gasteiger partial charge in [0, 0.05) is 30.7 Å². The molecule has 8 heteroatoms. The first-order valence-electron chi connectivity index (χ1n) is 12.7. The predicted octanol–water partition coefficient (Wildman–Crippen LogP) is 4.92. The average molecular weight is 478 g/mol. The van der Waals surface area contributed by atoms with Gasteiger partial charge in [0.05, 0.1) is 37.6 Å². The number of rotatable bonds is 6. The number of ether oxygens (including phenoxy) is 2. The van der Waals surface area contributed by atoms with Crippen molar-refractivity contribution in [2.24, 2.45) is 11.8 Å². The van der Waals surface area contributed by atoms with Gasteiger partial charge in [-0.2, -0.15) is 5.10 Å². The van der Waals surface area contributed by atoms with Crippen LogP contribution in [0.4, 0.5) is 11.5 Å². The van der Waals surface area contributed by atoms with Crippen molar-refractivity contribution in [1.29, 1.82) is 0 Å². The number of pyridine rings is 1. The van der Waals surface area contributed by atoms with E-state index in [0.29, 0.717) is 36.4 Å². The Morgan fingerprint density at radius 3 is 2.63 bits per heavy atom. The SMILES string of the molecule is COc1cc2nn(C3CCC(C(C)C)CC3)cc2cc1NC(=O)c1cccc(N2CCOCC2)n1. The summed E-state index contributed by atoms with van der Waals surface area (Å²) in [6.07, 6.45) is 6.91. The number of carbonyl (C=O) groups excluding carboxylic acids is 1. The van der Waals surface area contributed by atoms with Crippen molar-refractivity contribution >= 4 is 28.3 Å². The molecule has 1 saturated carbocycles. The van der Waals surface area contributed by atoms with Crippen molar-refractivity contribution in [3.63, 3.8) is 0 Å². The van der Waals surface area contributed by atoms with Gasteiger partial charge < -0.3 is 19.7 Å². The number of hydrogen-bond donors (Lipinski definition) is 1. The zero-order valence-corrected chi connectivity index (χ0v) is 20.9. The summed E-state index contributed by atoms with van der Waals surface area (Å²) in [5.74, 6) is 2.67. The van der Waals surface area contributed by atoms with Gasteiger partial charge in [0.25, 0.3) is 5.91 Å². The van der Waals surface area contributed by atoms with E-state index in [2.05, 4.69) is 39.9 Å². The summed E-state index contributed by atoms with van der Waals surface area (Å²) in [7, 11) is 1.61. The summed E-state index contributed by atoms with van der Waals surface area (Å²) in [6.45, 7) is 7.52. The monoisotopic (exact) mass is 477 g/mol. The van der Waals surface area contributed by atoms with E-state index in [-0.39, 0.29) is 5.91 Å². The van der Waals surface area contributed by atoms with E-state index >= 15 is 0 Å². The lowest BCUT2D eigenvalue weighted by Gasteiger charge is -2.30. The van der Waals surface area contributed by atoms with E-state index in [9.17, 15) is 4.79 Å². The molecule has 0 atom stereocenters. The number of nitrogens with one attached hydrogen (secondary N) is 1. The van der Waals surface area contributed by atoms with Gasteiger partial charge in [0.15, 0.2) is 0 Å². The molecule has 1 aliphatic heterocycles. The Kier molecular flexibility index (Phi) is 6.90. The predicted molar refractivity (Wildman–Crippen MR) is 137 cm³/mol. The first kappa shape index (κ1) is 23.6. The molecule has 186 valence electrons. The summed E-state index contributed by atoms with van der Waals surface area (Å²) < 4.78 is 13.1. The van der Waals surface area contributed by atoms with E-state index in [1.807, 2.05) is 24.3 Å². The molecule has 0 bridgehead atoms. The number of benzene rings is 1. The Morgan fingerprint density at radius 1 is 1.14 bits per heavy atom. The minimum Gasteiger partial charge on any atom is -0.494 e. The maximum absolute atomic E-state index is 13.1. The number of carbonyl (C=O) groups is 1. The molecule has 2 aromatic heterocycles. The standard InChI is InChI=1S/C27H35N5O3/c1-18(2)19-7-9-21(10-8-19)32-17-20-15-24(25(34-3)16-23(20)30-32)29-27(33)22-5-4-6-26(28-22)31-11-13-35-14-12-31/h4-6,15-19,21H,7-14H2,1-3H3,(H,29,33). The molecule has 2 aliphatic rings. The number of amides is 1. The highest BCUT2D eigenvalue weighted by molar-refractivity contribution is 6.05. The Bertz CT molecular complexity index is 1180. The molecule has 0 unspecified atom stereocenters. The lowest BCUT2D eigenvalue weighted by Crippen LogP contribution is -2.37. The number of anilines is 2. The normalized spacial score (nSPS) is 20.9. The molecule has 3 aromatic rings. The van der Waals surface area contributed by atoms with Crippen molar-refractivity contribution < 1.29 is 14.3 Å². The summed E-state index contributed by atoms with van der Waals surface area (Å²) in [4.78, 5) is 19.8. The van der Waals surface area contributed by atoms with E-state index in [1.54, 1.807) is 13.2 Å². The van der Waals surface area contributed by atoms with Crippen LogP contribution in [0.2, 0.25) is 0 Å². The molecule has 8 nitrogen and oxygen atoms in total. The first-order valence-corrected chi connectivity index (χ1v) is 12.7. The topological polar surface area (TPSA) is 81.5 Å². The van der Waals surface area contributed by atoms with Gasteiger partial charge in [-0.05, 0) is 55.7 Å². The van der Waals surface area contributed by atoms with E-state index < -0.39 is 0 Å². The maximum Gasteiger partial charge on any atom is 0.274 e. The summed E-state index contributed by atoms with van der Waals surface area (Å²) in [6, 6.07) is 9.80.